The number of morpholine rings is 1. The number of nitrogens with zero attached hydrogens (tertiary/aromatic N) is 5. The Labute approximate surface area is 200 Å². The maximum atomic E-state index is 12.9. The predicted octanol–water partition coefficient (Wildman–Crippen LogP) is 4.30. The molecule has 4 aromatic rings. The van der Waals surface area contributed by atoms with Crippen LogP contribution in [-0.4, -0.2) is 63.8 Å². The molecule has 1 saturated heterocycles. The van der Waals surface area contributed by atoms with Crippen molar-refractivity contribution in [3.8, 4) is 11.4 Å². The summed E-state index contributed by atoms with van der Waals surface area (Å²) in [6, 6.07) is 14.8. The van der Waals surface area contributed by atoms with E-state index in [1.807, 2.05) is 34.9 Å². The quantitative estimate of drug-likeness (QED) is 0.424. The molecule has 3 heterocycles. The number of hydrogen-bond acceptors (Lipinski definition) is 6. The summed E-state index contributed by atoms with van der Waals surface area (Å²) in [5, 5.41) is 3.41. The summed E-state index contributed by atoms with van der Waals surface area (Å²) in [7, 11) is 0. The largest absolute Gasteiger partial charge is 0.416 e. The maximum Gasteiger partial charge on any atom is 0.416 e. The summed E-state index contributed by atoms with van der Waals surface area (Å²) in [6.45, 7) is 5.16. The topological polar surface area (TPSA) is 68.1 Å². The second-order valence-corrected chi connectivity index (χ2v) is 8.38. The van der Waals surface area contributed by atoms with Gasteiger partial charge >= 0.3 is 6.18 Å². The SMILES string of the molecule is FC(F)(F)c1ccc(Cn2cnc3c(NCCN4CCOCC4)nc(-c4ccccc4)nc32)cc1. The first kappa shape index (κ1) is 23.3. The Bertz CT molecular complexity index is 1270. The van der Waals surface area contributed by atoms with E-state index < -0.39 is 11.7 Å². The van der Waals surface area contributed by atoms with Crippen molar-refractivity contribution in [2.75, 3.05) is 44.7 Å². The van der Waals surface area contributed by atoms with Gasteiger partial charge in [0, 0.05) is 31.7 Å². The molecule has 1 N–H and O–H groups in total. The molecule has 0 unspecified atom stereocenters. The van der Waals surface area contributed by atoms with Gasteiger partial charge in [0.25, 0.3) is 0 Å². The molecule has 10 heteroatoms. The van der Waals surface area contributed by atoms with Crippen molar-refractivity contribution in [3.63, 3.8) is 0 Å². The van der Waals surface area contributed by atoms with Gasteiger partial charge in [-0.2, -0.15) is 13.2 Å². The van der Waals surface area contributed by atoms with Crippen LogP contribution in [0.4, 0.5) is 19.0 Å². The van der Waals surface area contributed by atoms with Crippen molar-refractivity contribution < 1.29 is 17.9 Å². The number of ether oxygens (including phenoxy) is 1. The first-order valence-electron chi connectivity index (χ1n) is 11.5. The van der Waals surface area contributed by atoms with E-state index >= 15 is 0 Å². The van der Waals surface area contributed by atoms with Crippen LogP contribution in [0.1, 0.15) is 11.1 Å². The molecule has 0 amide bonds. The smallest absolute Gasteiger partial charge is 0.379 e. The molecule has 1 fully saturated rings. The van der Waals surface area contributed by atoms with Crippen molar-refractivity contribution in [1.82, 2.24) is 24.4 Å². The van der Waals surface area contributed by atoms with Gasteiger partial charge in [-0.1, -0.05) is 42.5 Å². The van der Waals surface area contributed by atoms with Gasteiger partial charge in [-0.3, -0.25) is 4.90 Å². The van der Waals surface area contributed by atoms with Gasteiger partial charge in [0.15, 0.2) is 17.3 Å². The second-order valence-electron chi connectivity index (χ2n) is 8.38. The number of aromatic nitrogens is 4. The fourth-order valence-electron chi connectivity index (χ4n) is 4.05. The summed E-state index contributed by atoms with van der Waals surface area (Å²) in [5.74, 6) is 1.19. The summed E-state index contributed by atoms with van der Waals surface area (Å²) in [6.07, 6.45) is -2.71. The Morgan fingerprint density at radius 1 is 0.943 bits per heavy atom. The van der Waals surface area contributed by atoms with Crippen LogP contribution >= 0.6 is 0 Å². The molecule has 1 aliphatic heterocycles. The zero-order chi connectivity index (χ0) is 24.3. The Morgan fingerprint density at radius 2 is 1.69 bits per heavy atom. The third kappa shape index (κ3) is 5.44. The highest BCUT2D eigenvalue weighted by atomic mass is 19.4. The number of imidazole rings is 1. The lowest BCUT2D eigenvalue weighted by molar-refractivity contribution is -0.137. The Kier molecular flexibility index (Phi) is 6.65. The fraction of sp³-hybridized carbons (Fsp3) is 0.320. The Morgan fingerprint density at radius 3 is 2.40 bits per heavy atom. The van der Waals surface area contributed by atoms with E-state index in [4.69, 9.17) is 14.7 Å². The third-order valence-corrected chi connectivity index (χ3v) is 5.95. The van der Waals surface area contributed by atoms with Crippen LogP contribution in [0.15, 0.2) is 60.9 Å². The lowest BCUT2D eigenvalue weighted by atomic mass is 10.1. The number of alkyl halides is 3. The van der Waals surface area contributed by atoms with Crippen LogP contribution in [0, 0.1) is 0 Å². The number of hydrogen-bond donors (Lipinski definition) is 1. The average molecular weight is 483 g/mol. The van der Waals surface area contributed by atoms with Crippen molar-refractivity contribution in [2.24, 2.45) is 0 Å². The van der Waals surface area contributed by atoms with Crippen molar-refractivity contribution in [2.45, 2.75) is 12.7 Å². The predicted molar refractivity (Wildman–Crippen MR) is 127 cm³/mol. The van der Waals surface area contributed by atoms with Crippen LogP contribution in [0.3, 0.4) is 0 Å². The third-order valence-electron chi connectivity index (χ3n) is 5.95. The fourth-order valence-corrected chi connectivity index (χ4v) is 4.05. The molecule has 0 bridgehead atoms. The summed E-state index contributed by atoms with van der Waals surface area (Å²) in [4.78, 5) is 16.4. The first-order valence-corrected chi connectivity index (χ1v) is 11.5. The number of nitrogens with one attached hydrogen (secondary N) is 1. The zero-order valence-corrected chi connectivity index (χ0v) is 19.0. The molecule has 5 rings (SSSR count). The summed E-state index contributed by atoms with van der Waals surface area (Å²) >= 11 is 0. The molecule has 182 valence electrons. The minimum Gasteiger partial charge on any atom is -0.379 e. The summed E-state index contributed by atoms with van der Waals surface area (Å²) < 4.78 is 46.0. The van der Waals surface area contributed by atoms with Gasteiger partial charge in [0.2, 0.25) is 0 Å². The van der Waals surface area contributed by atoms with Crippen LogP contribution in [0.5, 0.6) is 0 Å². The molecule has 7 nitrogen and oxygen atoms in total. The first-order chi connectivity index (χ1) is 17.0. The molecule has 35 heavy (non-hydrogen) atoms. The molecule has 0 spiro atoms. The van der Waals surface area contributed by atoms with E-state index in [-0.39, 0.29) is 0 Å². The second kappa shape index (κ2) is 10.0. The molecular weight excluding hydrogens is 457 g/mol. The molecular formula is C25H25F3N6O. The molecule has 0 atom stereocenters. The molecule has 0 radical (unpaired) electrons. The number of rotatable bonds is 7. The van der Waals surface area contributed by atoms with Crippen molar-refractivity contribution in [1.29, 1.82) is 0 Å². The van der Waals surface area contributed by atoms with Gasteiger partial charge < -0.3 is 14.6 Å². The Balaban J connectivity index is 1.43. The highest BCUT2D eigenvalue weighted by molar-refractivity contribution is 5.85. The lowest BCUT2D eigenvalue weighted by Gasteiger charge is -2.26. The van der Waals surface area contributed by atoms with Gasteiger partial charge in [-0.15, -0.1) is 0 Å². The van der Waals surface area contributed by atoms with Crippen LogP contribution in [0.25, 0.3) is 22.6 Å². The average Bonchev–Trinajstić information content (AvgIpc) is 3.28. The maximum absolute atomic E-state index is 12.9. The number of benzene rings is 2. The van der Waals surface area contributed by atoms with Crippen LogP contribution in [-0.2, 0) is 17.5 Å². The van der Waals surface area contributed by atoms with Gasteiger partial charge in [0.1, 0.15) is 5.52 Å². The van der Waals surface area contributed by atoms with Gasteiger partial charge in [0.05, 0.1) is 31.6 Å². The molecule has 2 aromatic carbocycles. The molecule has 0 saturated carbocycles. The van der Waals surface area contributed by atoms with E-state index in [0.717, 1.165) is 56.1 Å². The van der Waals surface area contributed by atoms with E-state index in [9.17, 15) is 13.2 Å². The van der Waals surface area contributed by atoms with Crippen molar-refractivity contribution >= 4 is 17.0 Å². The standard InChI is InChI=1S/C25H25F3N6O/c26-25(27,28)20-8-6-18(7-9-20)16-34-17-30-21-23(29-10-11-33-12-14-35-15-13-33)31-22(32-24(21)34)19-4-2-1-3-5-19/h1-9,17H,10-16H2,(H,29,31,32). The summed E-state index contributed by atoms with van der Waals surface area (Å²) in [5.41, 5.74) is 2.16. The lowest BCUT2D eigenvalue weighted by Crippen LogP contribution is -2.39. The normalized spacial score (nSPS) is 14.9. The van der Waals surface area contributed by atoms with E-state index in [0.29, 0.717) is 35.9 Å². The van der Waals surface area contributed by atoms with Crippen LogP contribution < -0.4 is 5.32 Å². The highest BCUT2D eigenvalue weighted by Crippen LogP contribution is 2.29. The minimum absolute atomic E-state index is 0.340. The molecule has 0 aliphatic carbocycles. The Hall–Kier alpha value is -3.50. The van der Waals surface area contributed by atoms with E-state index in [1.165, 1.54) is 12.1 Å². The monoisotopic (exact) mass is 482 g/mol. The minimum atomic E-state index is -4.36. The number of anilines is 1. The molecule has 1 aliphatic rings. The molecule has 2 aromatic heterocycles. The van der Waals surface area contributed by atoms with Crippen LogP contribution in [0.2, 0.25) is 0 Å². The van der Waals surface area contributed by atoms with E-state index in [1.54, 1.807) is 6.33 Å². The number of halogens is 3. The van der Waals surface area contributed by atoms with Crippen molar-refractivity contribution in [3.05, 3.63) is 72.1 Å². The van der Waals surface area contributed by atoms with Gasteiger partial charge in [-0.05, 0) is 17.7 Å². The van der Waals surface area contributed by atoms with E-state index in [2.05, 4.69) is 15.2 Å². The van der Waals surface area contributed by atoms with Gasteiger partial charge in [-0.25, -0.2) is 15.0 Å². The number of fused-ring (bicyclic) bond motifs is 1. The highest BCUT2D eigenvalue weighted by Gasteiger charge is 2.30. The zero-order valence-electron chi connectivity index (χ0n) is 19.0.